The Morgan fingerprint density at radius 2 is 2.43 bits per heavy atom. The van der Waals surface area contributed by atoms with E-state index in [1.54, 1.807) is 0 Å². The minimum atomic E-state index is 0.477. The molecule has 7 heavy (non-hydrogen) atoms. The third kappa shape index (κ3) is 1.03. The Hall–Kier alpha value is -0.300. The maximum absolute atomic E-state index is 4.99. The van der Waals surface area contributed by atoms with E-state index in [1.165, 1.54) is 5.57 Å². The number of rotatable bonds is 1. The number of ether oxygens (including phenoxy) is 1. The molecule has 0 aromatic rings. The van der Waals surface area contributed by atoms with Crippen molar-refractivity contribution in [1.82, 2.24) is 0 Å². The molecule has 0 saturated carbocycles. The van der Waals surface area contributed by atoms with E-state index in [4.69, 9.17) is 4.74 Å². The molecule has 0 spiro atoms. The van der Waals surface area contributed by atoms with E-state index in [9.17, 15) is 0 Å². The van der Waals surface area contributed by atoms with Crippen LogP contribution in [0.2, 0.25) is 0 Å². The first-order chi connectivity index (χ1) is 3.34. The van der Waals surface area contributed by atoms with Crippen molar-refractivity contribution >= 4 is 0 Å². The highest BCUT2D eigenvalue weighted by molar-refractivity contribution is 5.08. The number of hydrogen-bond donors (Lipinski definition) is 0. The van der Waals surface area contributed by atoms with Crippen molar-refractivity contribution in [3.63, 3.8) is 0 Å². The summed E-state index contributed by atoms with van der Waals surface area (Å²) in [6.07, 6.45) is 2.57. The maximum Gasteiger partial charge on any atom is 0.102 e. The zero-order chi connectivity index (χ0) is 5.28. The lowest BCUT2D eigenvalue weighted by atomic mass is 10.2. The number of hydrogen-bond acceptors (Lipinski definition) is 1. The van der Waals surface area contributed by atoms with Crippen LogP contribution in [0.1, 0.15) is 13.8 Å². The summed E-state index contributed by atoms with van der Waals surface area (Å²) in [5.74, 6) is 0. The molecule has 1 heteroatoms. The minimum Gasteiger partial charge on any atom is -0.368 e. The normalized spacial score (nSPS) is 30.6. The van der Waals surface area contributed by atoms with Crippen LogP contribution in [0, 0.1) is 0 Å². The molecular formula is C6H10O. The van der Waals surface area contributed by atoms with Gasteiger partial charge in [-0.15, -0.1) is 0 Å². The fourth-order valence-electron chi connectivity index (χ4n) is 0.497. The molecule has 1 saturated heterocycles. The third-order valence-corrected chi connectivity index (χ3v) is 1.30. The van der Waals surface area contributed by atoms with Crippen molar-refractivity contribution in [3.8, 4) is 0 Å². The minimum absolute atomic E-state index is 0.477. The van der Waals surface area contributed by atoms with Crippen LogP contribution in [0.15, 0.2) is 11.6 Å². The largest absolute Gasteiger partial charge is 0.368 e. The van der Waals surface area contributed by atoms with Crippen LogP contribution in [0.4, 0.5) is 0 Å². The summed E-state index contributed by atoms with van der Waals surface area (Å²) in [6, 6.07) is 0. The van der Waals surface area contributed by atoms with Crippen LogP contribution < -0.4 is 0 Å². The summed E-state index contributed by atoms with van der Waals surface area (Å²) >= 11 is 0. The molecule has 0 bridgehead atoms. The van der Waals surface area contributed by atoms with E-state index in [2.05, 4.69) is 13.0 Å². The number of allylic oxidation sites excluding steroid dienone is 1. The highest BCUT2D eigenvalue weighted by Gasteiger charge is 2.22. The van der Waals surface area contributed by atoms with Gasteiger partial charge in [-0.05, 0) is 19.4 Å². The van der Waals surface area contributed by atoms with Gasteiger partial charge in [0.1, 0.15) is 6.10 Å². The second kappa shape index (κ2) is 1.66. The van der Waals surface area contributed by atoms with Crippen LogP contribution >= 0.6 is 0 Å². The van der Waals surface area contributed by atoms with Gasteiger partial charge in [0, 0.05) is 0 Å². The molecule has 1 nitrogen and oxygen atoms in total. The molecule has 1 fully saturated rings. The topological polar surface area (TPSA) is 12.5 Å². The van der Waals surface area contributed by atoms with Crippen LogP contribution in [-0.4, -0.2) is 12.7 Å². The summed E-state index contributed by atoms with van der Waals surface area (Å²) in [4.78, 5) is 0. The van der Waals surface area contributed by atoms with Crippen molar-refractivity contribution in [2.75, 3.05) is 6.61 Å². The summed E-state index contributed by atoms with van der Waals surface area (Å²) in [5, 5.41) is 0. The molecule has 1 rings (SSSR count). The fraction of sp³-hybridized carbons (Fsp3) is 0.667. The first-order valence-electron chi connectivity index (χ1n) is 2.59. The number of epoxide rings is 1. The van der Waals surface area contributed by atoms with Crippen molar-refractivity contribution in [3.05, 3.63) is 11.6 Å². The van der Waals surface area contributed by atoms with Crippen molar-refractivity contribution in [2.45, 2.75) is 20.0 Å². The van der Waals surface area contributed by atoms with Crippen LogP contribution in [0.5, 0.6) is 0 Å². The van der Waals surface area contributed by atoms with Gasteiger partial charge in [0.15, 0.2) is 0 Å². The molecule has 1 aliphatic rings. The van der Waals surface area contributed by atoms with E-state index in [-0.39, 0.29) is 0 Å². The Morgan fingerprint density at radius 1 is 1.86 bits per heavy atom. The molecule has 1 aliphatic heterocycles. The van der Waals surface area contributed by atoms with Gasteiger partial charge in [-0.1, -0.05) is 6.08 Å². The van der Waals surface area contributed by atoms with Crippen LogP contribution in [-0.2, 0) is 4.74 Å². The lowest BCUT2D eigenvalue weighted by Crippen LogP contribution is -1.83. The fourth-order valence-corrected chi connectivity index (χ4v) is 0.497. The quantitative estimate of drug-likeness (QED) is 0.356. The van der Waals surface area contributed by atoms with Crippen molar-refractivity contribution in [2.24, 2.45) is 0 Å². The molecule has 1 heterocycles. The van der Waals surface area contributed by atoms with Crippen molar-refractivity contribution < 1.29 is 4.74 Å². The zero-order valence-electron chi connectivity index (χ0n) is 4.77. The van der Waals surface area contributed by atoms with E-state index >= 15 is 0 Å². The predicted molar refractivity (Wildman–Crippen MR) is 29.2 cm³/mol. The smallest absolute Gasteiger partial charge is 0.102 e. The first kappa shape index (κ1) is 4.85. The van der Waals surface area contributed by atoms with Gasteiger partial charge in [-0.25, -0.2) is 0 Å². The molecule has 0 aliphatic carbocycles. The second-order valence-electron chi connectivity index (χ2n) is 1.85. The Bertz CT molecular complexity index is 90.4. The predicted octanol–water partition coefficient (Wildman–Crippen LogP) is 1.35. The summed E-state index contributed by atoms with van der Waals surface area (Å²) in [6.45, 7) is 5.07. The van der Waals surface area contributed by atoms with Gasteiger partial charge < -0.3 is 4.74 Å². The lowest BCUT2D eigenvalue weighted by Gasteiger charge is -1.85. The van der Waals surface area contributed by atoms with Crippen molar-refractivity contribution in [1.29, 1.82) is 0 Å². The average molecular weight is 98.1 g/mol. The van der Waals surface area contributed by atoms with Crippen LogP contribution in [0.3, 0.4) is 0 Å². The first-order valence-corrected chi connectivity index (χ1v) is 2.59. The zero-order valence-corrected chi connectivity index (χ0v) is 4.77. The molecule has 0 aromatic carbocycles. The second-order valence-corrected chi connectivity index (χ2v) is 1.85. The SMILES string of the molecule is CC=C(C)C1CO1. The van der Waals surface area contributed by atoms with Gasteiger partial charge in [-0.2, -0.15) is 0 Å². The molecule has 0 aromatic heterocycles. The molecule has 40 valence electrons. The Balaban J connectivity index is 2.37. The molecular weight excluding hydrogens is 88.1 g/mol. The molecule has 1 unspecified atom stereocenters. The lowest BCUT2D eigenvalue weighted by molar-refractivity contribution is 0.431. The van der Waals surface area contributed by atoms with E-state index in [1.807, 2.05) is 6.92 Å². The van der Waals surface area contributed by atoms with Gasteiger partial charge in [0.25, 0.3) is 0 Å². The highest BCUT2D eigenvalue weighted by Crippen LogP contribution is 2.17. The van der Waals surface area contributed by atoms with Gasteiger partial charge in [-0.3, -0.25) is 0 Å². The molecule has 0 amide bonds. The van der Waals surface area contributed by atoms with Crippen LogP contribution in [0.25, 0.3) is 0 Å². The Labute approximate surface area is 44.0 Å². The third-order valence-electron chi connectivity index (χ3n) is 1.30. The summed E-state index contributed by atoms with van der Waals surface area (Å²) < 4.78 is 4.99. The summed E-state index contributed by atoms with van der Waals surface area (Å²) in [5.41, 5.74) is 1.36. The Kier molecular flexibility index (Phi) is 1.15. The maximum atomic E-state index is 4.99. The monoisotopic (exact) mass is 98.1 g/mol. The summed E-state index contributed by atoms with van der Waals surface area (Å²) in [7, 11) is 0. The molecule has 1 atom stereocenters. The van der Waals surface area contributed by atoms with Gasteiger partial charge in [0.2, 0.25) is 0 Å². The molecule has 0 N–H and O–H groups in total. The standard InChI is InChI=1S/C6H10O/c1-3-5(2)6-4-7-6/h3,6H,4H2,1-2H3. The van der Waals surface area contributed by atoms with E-state index in [0.29, 0.717) is 6.10 Å². The average Bonchev–Trinajstić information content (AvgIpc) is 2.44. The van der Waals surface area contributed by atoms with Gasteiger partial charge in [0.05, 0.1) is 6.61 Å². The highest BCUT2D eigenvalue weighted by atomic mass is 16.6. The van der Waals surface area contributed by atoms with E-state index < -0.39 is 0 Å². The Morgan fingerprint density at radius 3 is 2.57 bits per heavy atom. The van der Waals surface area contributed by atoms with Gasteiger partial charge >= 0.3 is 0 Å². The van der Waals surface area contributed by atoms with E-state index in [0.717, 1.165) is 6.61 Å². The molecule has 0 radical (unpaired) electrons.